The van der Waals surface area contributed by atoms with Crippen LogP contribution in [-0.2, 0) is 6.42 Å². The predicted molar refractivity (Wildman–Crippen MR) is 66.7 cm³/mol. The highest BCUT2D eigenvalue weighted by Gasteiger charge is 2.14. The molecule has 0 aliphatic carbocycles. The van der Waals surface area contributed by atoms with Crippen LogP contribution in [0.25, 0.3) is 0 Å². The first-order chi connectivity index (χ1) is 8.20. The van der Waals surface area contributed by atoms with Crippen molar-refractivity contribution in [3.8, 4) is 0 Å². The number of aryl methyl sites for hydroxylation is 1. The lowest BCUT2D eigenvalue weighted by molar-refractivity contribution is 0.187. The summed E-state index contributed by atoms with van der Waals surface area (Å²) in [6.45, 7) is 2.47. The molecule has 3 N–H and O–H groups in total. The molecule has 0 fully saturated rings. The molecular weight excluding hydrogens is 214 g/mol. The number of hydrogen-bond donors (Lipinski definition) is 2. The maximum atomic E-state index is 10.2. The highest BCUT2D eigenvalue weighted by atomic mass is 16.4. The molecule has 0 bridgehead atoms. The van der Waals surface area contributed by atoms with Crippen LogP contribution in [0.5, 0.6) is 0 Å². The molecule has 17 heavy (non-hydrogen) atoms. The van der Waals surface area contributed by atoms with E-state index in [4.69, 9.17) is 10.2 Å². The zero-order valence-corrected chi connectivity index (χ0v) is 9.89. The third kappa shape index (κ3) is 2.75. The fraction of sp³-hybridized carbons (Fsp3) is 0.286. The van der Waals surface area contributed by atoms with E-state index in [1.807, 2.05) is 37.3 Å². The van der Waals surface area contributed by atoms with Gasteiger partial charge in [-0.05, 0) is 43.1 Å². The van der Waals surface area contributed by atoms with Crippen molar-refractivity contribution in [1.29, 1.82) is 0 Å². The second-order valence-electron chi connectivity index (χ2n) is 4.13. The number of aliphatic hydroxyl groups excluding tert-OH is 1. The molecule has 0 aliphatic heterocycles. The van der Waals surface area contributed by atoms with Gasteiger partial charge in [0.1, 0.15) is 17.6 Å². The molecule has 1 atom stereocenters. The Hall–Kier alpha value is -1.58. The molecule has 3 nitrogen and oxygen atoms in total. The second kappa shape index (κ2) is 5.17. The lowest BCUT2D eigenvalue weighted by atomic mass is 10.0. The summed E-state index contributed by atoms with van der Waals surface area (Å²) < 4.78 is 5.42. The van der Waals surface area contributed by atoms with E-state index in [0.717, 1.165) is 23.3 Å². The van der Waals surface area contributed by atoms with E-state index in [-0.39, 0.29) is 0 Å². The van der Waals surface area contributed by atoms with Crippen LogP contribution in [-0.4, -0.2) is 11.7 Å². The van der Waals surface area contributed by atoms with E-state index in [1.165, 1.54) is 0 Å². The molecule has 1 aromatic heterocycles. The first kappa shape index (κ1) is 11.9. The van der Waals surface area contributed by atoms with Gasteiger partial charge >= 0.3 is 0 Å². The van der Waals surface area contributed by atoms with Gasteiger partial charge in [-0.2, -0.15) is 0 Å². The highest BCUT2D eigenvalue weighted by molar-refractivity contribution is 5.29. The minimum absolute atomic E-state index is 0.576. The molecule has 0 spiro atoms. The van der Waals surface area contributed by atoms with Crippen molar-refractivity contribution in [2.75, 3.05) is 6.54 Å². The van der Waals surface area contributed by atoms with Crippen LogP contribution in [0.1, 0.15) is 28.8 Å². The first-order valence-electron chi connectivity index (χ1n) is 5.74. The smallest absolute Gasteiger partial charge is 0.137 e. The third-order valence-electron chi connectivity index (χ3n) is 2.73. The molecule has 0 amide bonds. The predicted octanol–water partition coefficient (Wildman–Crippen LogP) is 2.17. The Labute approximate surface area is 101 Å². The molecule has 2 rings (SSSR count). The first-order valence-corrected chi connectivity index (χ1v) is 5.74. The number of rotatable bonds is 4. The normalized spacial score (nSPS) is 12.6. The summed E-state index contributed by atoms with van der Waals surface area (Å²) in [7, 11) is 0. The molecule has 1 aromatic carbocycles. The van der Waals surface area contributed by atoms with Crippen molar-refractivity contribution in [3.05, 3.63) is 59.0 Å². The Morgan fingerprint density at radius 2 is 2.12 bits per heavy atom. The number of benzene rings is 1. The van der Waals surface area contributed by atoms with Crippen LogP contribution in [0.15, 0.2) is 40.8 Å². The molecule has 1 unspecified atom stereocenters. The average Bonchev–Trinajstić information content (AvgIpc) is 2.76. The molecule has 2 aromatic rings. The number of furan rings is 1. The monoisotopic (exact) mass is 231 g/mol. The Balaban J connectivity index is 2.24. The number of nitrogens with two attached hydrogens (primary N) is 1. The zero-order chi connectivity index (χ0) is 12.3. The molecule has 1 heterocycles. The van der Waals surface area contributed by atoms with Gasteiger partial charge in [0, 0.05) is 0 Å². The van der Waals surface area contributed by atoms with E-state index in [2.05, 4.69) is 0 Å². The summed E-state index contributed by atoms with van der Waals surface area (Å²) in [6.07, 6.45) is 0.110. The molecule has 0 saturated heterocycles. The van der Waals surface area contributed by atoms with Crippen LogP contribution in [0.4, 0.5) is 0 Å². The molecule has 0 saturated carbocycles. The van der Waals surface area contributed by atoms with Gasteiger partial charge in [0.05, 0.1) is 0 Å². The van der Waals surface area contributed by atoms with Crippen molar-refractivity contribution in [3.63, 3.8) is 0 Å². The minimum Gasteiger partial charge on any atom is -0.463 e. The van der Waals surface area contributed by atoms with E-state index < -0.39 is 6.10 Å². The van der Waals surface area contributed by atoms with E-state index in [0.29, 0.717) is 12.3 Å². The highest BCUT2D eigenvalue weighted by Crippen LogP contribution is 2.24. The zero-order valence-electron chi connectivity index (χ0n) is 9.89. The number of hydrogen-bond acceptors (Lipinski definition) is 3. The molecular formula is C14H17NO2. The van der Waals surface area contributed by atoms with E-state index in [1.54, 1.807) is 6.07 Å². The van der Waals surface area contributed by atoms with Crippen LogP contribution < -0.4 is 5.73 Å². The fourth-order valence-electron chi connectivity index (χ4n) is 1.85. The van der Waals surface area contributed by atoms with E-state index in [9.17, 15) is 5.11 Å². The maximum Gasteiger partial charge on any atom is 0.137 e. The van der Waals surface area contributed by atoms with Crippen LogP contribution in [0, 0.1) is 6.92 Å². The molecule has 3 heteroatoms. The summed E-state index contributed by atoms with van der Waals surface area (Å²) in [5.41, 5.74) is 7.49. The van der Waals surface area contributed by atoms with Gasteiger partial charge in [-0.3, -0.25) is 0 Å². The van der Waals surface area contributed by atoms with Crippen LogP contribution in [0.2, 0.25) is 0 Å². The second-order valence-corrected chi connectivity index (χ2v) is 4.13. The minimum atomic E-state index is -0.707. The number of aliphatic hydroxyl groups is 1. The summed E-state index contributed by atoms with van der Waals surface area (Å²) in [6, 6.07) is 11.5. The van der Waals surface area contributed by atoms with Gasteiger partial charge < -0.3 is 15.3 Å². The van der Waals surface area contributed by atoms with Crippen molar-refractivity contribution in [1.82, 2.24) is 0 Å². The van der Waals surface area contributed by atoms with Gasteiger partial charge in [-0.25, -0.2) is 0 Å². The lowest BCUT2D eigenvalue weighted by Gasteiger charge is -2.09. The van der Waals surface area contributed by atoms with Crippen molar-refractivity contribution in [2.24, 2.45) is 5.73 Å². The summed E-state index contributed by atoms with van der Waals surface area (Å²) >= 11 is 0. The summed E-state index contributed by atoms with van der Waals surface area (Å²) in [5.74, 6) is 1.38. The van der Waals surface area contributed by atoms with Gasteiger partial charge in [-0.15, -0.1) is 0 Å². The Kier molecular flexibility index (Phi) is 3.61. The Morgan fingerprint density at radius 3 is 2.76 bits per heavy atom. The van der Waals surface area contributed by atoms with Gasteiger partial charge in [0.2, 0.25) is 0 Å². The fourth-order valence-corrected chi connectivity index (χ4v) is 1.85. The SMILES string of the molecule is Cc1ccc(C(O)c2cccc(CCN)c2)o1. The van der Waals surface area contributed by atoms with Crippen molar-refractivity contribution >= 4 is 0 Å². The standard InChI is InChI=1S/C14H17NO2/c1-10-5-6-13(17-10)14(16)12-4-2-3-11(9-12)7-8-15/h2-6,9,14,16H,7-8,15H2,1H3. The largest absolute Gasteiger partial charge is 0.463 e. The molecule has 0 aliphatic rings. The van der Waals surface area contributed by atoms with Crippen LogP contribution in [0.3, 0.4) is 0 Å². The summed E-state index contributed by atoms with van der Waals surface area (Å²) in [4.78, 5) is 0. The Bertz CT molecular complexity index is 490. The van der Waals surface area contributed by atoms with E-state index >= 15 is 0 Å². The van der Waals surface area contributed by atoms with Crippen molar-refractivity contribution in [2.45, 2.75) is 19.4 Å². The quantitative estimate of drug-likeness (QED) is 0.847. The molecule has 90 valence electrons. The maximum absolute atomic E-state index is 10.2. The van der Waals surface area contributed by atoms with Crippen molar-refractivity contribution < 1.29 is 9.52 Å². The Morgan fingerprint density at radius 1 is 1.29 bits per heavy atom. The topological polar surface area (TPSA) is 59.4 Å². The third-order valence-corrected chi connectivity index (χ3v) is 2.73. The van der Waals surface area contributed by atoms with Gasteiger partial charge in [-0.1, -0.05) is 24.3 Å². The lowest BCUT2D eigenvalue weighted by Crippen LogP contribution is -2.04. The average molecular weight is 231 g/mol. The van der Waals surface area contributed by atoms with Crippen LogP contribution >= 0.6 is 0 Å². The van der Waals surface area contributed by atoms with Gasteiger partial charge in [0.25, 0.3) is 0 Å². The van der Waals surface area contributed by atoms with Gasteiger partial charge in [0.15, 0.2) is 0 Å². The summed E-state index contributed by atoms with van der Waals surface area (Å²) in [5, 5.41) is 10.2. The molecule has 0 radical (unpaired) electrons.